The molecular formula is C15H23NO4. The summed E-state index contributed by atoms with van der Waals surface area (Å²) in [6.45, 7) is 2.89. The van der Waals surface area contributed by atoms with Gasteiger partial charge in [-0.15, -0.1) is 0 Å². The van der Waals surface area contributed by atoms with Gasteiger partial charge in [0.05, 0.1) is 0 Å². The number of carbonyl (C=O) groups is 3. The van der Waals surface area contributed by atoms with E-state index in [2.05, 4.69) is 5.32 Å². The normalized spacial score (nSPS) is 28.4. The smallest absolute Gasteiger partial charge is 0.323 e. The van der Waals surface area contributed by atoms with Crippen LogP contribution in [0.15, 0.2) is 0 Å². The van der Waals surface area contributed by atoms with Crippen molar-refractivity contribution in [3.05, 3.63) is 0 Å². The fourth-order valence-electron chi connectivity index (χ4n) is 3.02. The lowest BCUT2D eigenvalue weighted by molar-refractivity contribution is -0.156. The van der Waals surface area contributed by atoms with Gasteiger partial charge in [0.25, 0.3) is 0 Å². The Kier molecular flexibility index (Phi) is 5.29. The first kappa shape index (κ1) is 15.2. The summed E-state index contributed by atoms with van der Waals surface area (Å²) in [5.41, 5.74) is 0. The van der Waals surface area contributed by atoms with E-state index in [1.165, 1.54) is 0 Å². The molecule has 2 aliphatic rings. The largest absolute Gasteiger partial charge is 0.461 e. The molecule has 5 heteroatoms. The third kappa shape index (κ3) is 3.66. The van der Waals surface area contributed by atoms with Crippen molar-refractivity contribution in [2.24, 2.45) is 5.92 Å². The van der Waals surface area contributed by atoms with Crippen LogP contribution in [0, 0.1) is 5.92 Å². The highest BCUT2D eigenvalue weighted by atomic mass is 16.5. The van der Waals surface area contributed by atoms with Gasteiger partial charge in [0, 0.05) is 18.8 Å². The molecule has 0 bridgehead atoms. The van der Waals surface area contributed by atoms with Crippen LogP contribution in [0.4, 0.5) is 0 Å². The van der Waals surface area contributed by atoms with Gasteiger partial charge >= 0.3 is 5.97 Å². The topological polar surface area (TPSA) is 72.5 Å². The van der Waals surface area contributed by atoms with E-state index in [0.29, 0.717) is 12.8 Å². The van der Waals surface area contributed by atoms with E-state index in [1.54, 1.807) is 0 Å². The number of rotatable bonds is 5. The Morgan fingerprint density at radius 3 is 2.75 bits per heavy atom. The van der Waals surface area contributed by atoms with Gasteiger partial charge in [-0.3, -0.25) is 14.4 Å². The predicted octanol–water partition coefficient (Wildman–Crippen LogP) is 1.39. The Bertz CT molecular complexity index is 387. The summed E-state index contributed by atoms with van der Waals surface area (Å²) in [4.78, 5) is 34.9. The Labute approximate surface area is 119 Å². The highest BCUT2D eigenvalue weighted by Gasteiger charge is 2.35. The van der Waals surface area contributed by atoms with Gasteiger partial charge < -0.3 is 10.1 Å². The van der Waals surface area contributed by atoms with Crippen molar-refractivity contribution in [1.82, 2.24) is 5.32 Å². The van der Waals surface area contributed by atoms with Gasteiger partial charge in [-0.05, 0) is 32.2 Å². The van der Waals surface area contributed by atoms with Crippen LogP contribution in [-0.4, -0.2) is 36.2 Å². The average Bonchev–Trinajstić information content (AvgIpc) is 2.95. The van der Waals surface area contributed by atoms with E-state index in [-0.39, 0.29) is 42.0 Å². The fraction of sp³-hybridized carbons (Fsp3) is 0.800. The predicted molar refractivity (Wildman–Crippen MR) is 73.2 cm³/mol. The monoisotopic (exact) mass is 281 g/mol. The van der Waals surface area contributed by atoms with E-state index in [0.717, 1.165) is 32.2 Å². The molecule has 0 amide bonds. The lowest BCUT2D eigenvalue weighted by Crippen LogP contribution is -2.39. The molecule has 2 fully saturated rings. The highest BCUT2D eigenvalue weighted by molar-refractivity contribution is 6.37. The van der Waals surface area contributed by atoms with Crippen LogP contribution in [0.25, 0.3) is 0 Å². The molecule has 1 saturated carbocycles. The number of esters is 1. The first-order valence-electron chi connectivity index (χ1n) is 7.61. The molecule has 2 rings (SSSR count). The SMILES string of the molecule is CCCC(OC(=O)[C@@H]1CCCN1)C1CCC(=O)C(=O)C1. The van der Waals surface area contributed by atoms with E-state index in [4.69, 9.17) is 4.74 Å². The van der Waals surface area contributed by atoms with E-state index in [9.17, 15) is 14.4 Å². The molecule has 1 aliphatic carbocycles. The fourth-order valence-corrected chi connectivity index (χ4v) is 3.02. The second kappa shape index (κ2) is 6.97. The second-order valence-corrected chi connectivity index (χ2v) is 5.76. The molecule has 0 aromatic carbocycles. The number of carbonyl (C=O) groups excluding carboxylic acids is 3. The van der Waals surface area contributed by atoms with Crippen molar-refractivity contribution in [1.29, 1.82) is 0 Å². The van der Waals surface area contributed by atoms with E-state index in [1.807, 2.05) is 6.92 Å². The molecule has 0 aromatic rings. The molecule has 1 saturated heterocycles. The zero-order valence-electron chi connectivity index (χ0n) is 12.0. The molecule has 3 atom stereocenters. The van der Waals surface area contributed by atoms with Crippen LogP contribution in [0.3, 0.4) is 0 Å². The van der Waals surface area contributed by atoms with Gasteiger partial charge in [-0.1, -0.05) is 13.3 Å². The lowest BCUT2D eigenvalue weighted by atomic mass is 9.82. The molecule has 1 N–H and O–H groups in total. The maximum absolute atomic E-state index is 12.1. The number of hydrogen-bond acceptors (Lipinski definition) is 5. The Balaban J connectivity index is 1.93. The molecule has 112 valence electrons. The Hall–Kier alpha value is -1.23. The standard InChI is InChI=1S/C15H23NO4/c1-2-4-14(10-6-7-12(17)13(18)9-10)20-15(19)11-5-3-8-16-11/h10-11,14,16H,2-9H2,1H3/t10?,11-,14?/m0/s1. The summed E-state index contributed by atoms with van der Waals surface area (Å²) in [5.74, 6) is -0.784. The second-order valence-electron chi connectivity index (χ2n) is 5.76. The van der Waals surface area contributed by atoms with Crippen molar-refractivity contribution in [2.45, 2.75) is 64.0 Å². The molecule has 0 radical (unpaired) electrons. The third-order valence-corrected chi connectivity index (χ3v) is 4.21. The summed E-state index contributed by atoms with van der Waals surface area (Å²) in [6.07, 6.45) is 4.42. The van der Waals surface area contributed by atoms with Gasteiger partial charge in [0.1, 0.15) is 12.1 Å². The van der Waals surface area contributed by atoms with Crippen LogP contribution in [-0.2, 0) is 19.1 Å². The van der Waals surface area contributed by atoms with Gasteiger partial charge in [0.2, 0.25) is 0 Å². The van der Waals surface area contributed by atoms with Crippen LogP contribution < -0.4 is 5.32 Å². The van der Waals surface area contributed by atoms with Crippen molar-refractivity contribution in [3.8, 4) is 0 Å². The Morgan fingerprint density at radius 2 is 2.15 bits per heavy atom. The molecule has 2 unspecified atom stereocenters. The minimum absolute atomic E-state index is 0.00510. The summed E-state index contributed by atoms with van der Waals surface area (Å²) >= 11 is 0. The minimum Gasteiger partial charge on any atom is -0.461 e. The molecular weight excluding hydrogens is 258 g/mol. The number of hydrogen-bond donors (Lipinski definition) is 1. The summed E-state index contributed by atoms with van der Waals surface area (Å²) in [5, 5.41) is 3.13. The van der Waals surface area contributed by atoms with Crippen LogP contribution in [0.5, 0.6) is 0 Å². The molecule has 0 aromatic heterocycles. The quantitative estimate of drug-likeness (QED) is 0.609. The number of nitrogens with one attached hydrogen (secondary N) is 1. The zero-order chi connectivity index (χ0) is 14.5. The third-order valence-electron chi connectivity index (χ3n) is 4.21. The van der Waals surface area contributed by atoms with Crippen molar-refractivity contribution >= 4 is 17.5 Å². The molecule has 1 aliphatic heterocycles. The van der Waals surface area contributed by atoms with Crippen LogP contribution >= 0.6 is 0 Å². The molecule has 0 spiro atoms. The van der Waals surface area contributed by atoms with Crippen molar-refractivity contribution in [3.63, 3.8) is 0 Å². The van der Waals surface area contributed by atoms with Crippen LogP contribution in [0.1, 0.15) is 51.9 Å². The summed E-state index contributed by atoms with van der Waals surface area (Å²) in [7, 11) is 0. The minimum atomic E-state index is -0.308. The molecule has 1 heterocycles. The number of Topliss-reactive ketones (excluding diaryl/α,β-unsaturated/α-hetero) is 2. The van der Waals surface area contributed by atoms with E-state index < -0.39 is 0 Å². The van der Waals surface area contributed by atoms with Gasteiger partial charge in [0.15, 0.2) is 11.6 Å². The first-order chi connectivity index (χ1) is 9.61. The van der Waals surface area contributed by atoms with Gasteiger partial charge in [-0.25, -0.2) is 0 Å². The summed E-state index contributed by atoms with van der Waals surface area (Å²) in [6, 6.07) is -0.199. The van der Waals surface area contributed by atoms with Crippen molar-refractivity contribution in [2.75, 3.05) is 6.54 Å². The maximum Gasteiger partial charge on any atom is 0.323 e. The molecule has 20 heavy (non-hydrogen) atoms. The number of ether oxygens (including phenoxy) is 1. The Morgan fingerprint density at radius 1 is 1.35 bits per heavy atom. The highest BCUT2D eigenvalue weighted by Crippen LogP contribution is 2.27. The van der Waals surface area contributed by atoms with Crippen LogP contribution in [0.2, 0.25) is 0 Å². The van der Waals surface area contributed by atoms with E-state index >= 15 is 0 Å². The first-order valence-corrected chi connectivity index (χ1v) is 7.61. The zero-order valence-corrected chi connectivity index (χ0v) is 12.0. The van der Waals surface area contributed by atoms with Gasteiger partial charge in [-0.2, -0.15) is 0 Å². The average molecular weight is 281 g/mol. The number of ketones is 2. The molecule has 5 nitrogen and oxygen atoms in total. The lowest BCUT2D eigenvalue weighted by Gasteiger charge is -2.29. The van der Waals surface area contributed by atoms with Crippen molar-refractivity contribution < 1.29 is 19.1 Å². The summed E-state index contributed by atoms with van der Waals surface area (Å²) < 4.78 is 5.63. The maximum atomic E-state index is 12.1.